The molecule has 0 radical (unpaired) electrons. The van der Waals surface area contributed by atoms with Crippen LogP contribution in [-0.2, 0) is 0 Å². The normalized spacial score (nSPS) is 15.1. The summed E-state index contributed by atoms with van der Waals surface area (Å²) in [5.74, 6) is 0.178. The molecule has 1 saturated heterocycles. The maximum atomic E-state index is 12.9. The third-order valence-corrected chi connectivity index (χ3v) is 7.67. The Morgan fingerprint density at radius 2 is 1.71 bits per heavy atom. The molecule has 6 nitrogen and oxygen atoms in total. The lowest BCUT2D eigenvalue weighted by Gasteiger charge is -2.41. The Hall–Kier alpha value is -2.51. The quantitative estimate of drug-likeness (QED) is 0.363. The van der Waals surface area contributed by atoms with Gasteiger partial charge in [-0.2, -0.15) is 0 Å². The summed E-state index contributed by atoms with van der Waals surface area (Å²) >= 11 is 18.5. The first-order valence-corrected chi connectivity index (χ1v) is 12.4. The van der Waals surface area contributed by atoms with Gasteiger partial charge < -0.3 is 10.0 Å². The third kappa shape index (κ3) is 5.67. The third-order valence-electron chi connectivity index (χ3n) is 6.59. The number of aliphatic hydroxyl groups excluding tert-OH is 1. The molecule has 3 aromatic rings. The Morgan fingerprint density at radius 3 is 2.37 bits per heavy atom. The summed E-state index contributed by atoms with van der Waals surface area (Å²) in [7, 11) is 0. The molecule has 0 bridgehead atoms. The average Bonchev–Trinajstić information content (AvgIpc) is 2.89. The number of carbonyl (C=O) groups is 2. The van der Waals surface area contributed by atoms with Gasteiger partial charge in [-0.05, 0) is 36.8 Å². The Balaban J connectivity index is 1.41. The van der Waals surface area contributed by atoms with E-state index in [1.165, 1.54) is 6.20 Å². The van der Waals surface area contributed by atoms with Gasteiger partial charge in [-0.3, -0.25) is 9.59 Å². The lowest BCUT2D eigenvalue weighted by molar-refractivity contribution is 0.0757. The van der Waals surface area contributed by atoms with Crippen LogP contribution < -0.4 is 4.90 Å². The predicted molar refractivity (Wildman–Crippen MR) is 138 cm³/mol. The Kier molecular flexibility index (Phi) is 8.07. The summed E-state index contributed by atoms with van der Waals surface area (Å²) < 4.78 is 0. The maximum absolute atomic E-state index is 12.9. The highest BCUT2D eigenvalue weighted by Gasteiger charge is 2.35. The van der Waals surface area contributed by atoms with E-state index in [0.717, 1.165) is 0 Å². The minimum absolute atomic E-state index is 0.000669. The standard InChI is InChI=1S/C26H24Cl3N3O3/c27-19-8-4-7-18(22(19)28)24(35)23-25(29)31-21(15-30-23)32-13-11-26(16-33,12-14-32)10-9-20(34)17-5-2-1-3-6-17/h1-8,15,33H,9-14,16H2. The van der Waals surface area contributed by atoms with Crippen LogP contribution in [-0.4, -0.2) is 46.3 Å². The van der Waals surface area contributed by atoms with Crippen molar-refractivity contribution in [3.8, 4) is 0 Å². The Bertz CT molecular complexity index is 1230. The number of aliphatic hydroxyl groups is 1. The monoisotopic (exact) mass is 531 g/mol. The van der Waals surface area contributed by atoms with E-state index in [1.54, 1.807) is 18.2 Å². The van der Waals surface area contributed by atoms with Gasteiger partial charge in [0.15, 0.2) is 10.9 Å². The molecule has 0 atom stereocenters. The van der Waals surface area contributed by atoms with Crippen molar-refractivity contribution in [2.45, 2.75) is 25.7 Å². The maximum Gasteiger partial charge on any atom is 0.216 e. The number of halogens is 3. The zero-order valence-corrected chi connectivity index (χ0v) is 21.2. The second kappa shape index (κ2) is 11.0. The number of anilines is 1. The van der Waals surface area contributed by atoms with Gasteiger partial charge in [0.2, 0.25) is 5.78 Å². The molecule has 2 aromatic carbocycles. The molecule has 182 valence electrons. The van der Waals surface area contributed by atoms with Gasteiger partial charge in [0, 0.05) is 37.2 Å². The van der Waals surface area contributed by atoms with Crippen LogP contribution in [0.4, 0.5) is 5.82 Å². The number of benzene rings is 2. The van der Waals surface area contributed by atoms with Crippen LogP contribution >= 0.6 is 34.8 Å². The van der Waals surface area contributed by atoms with Gasteiger partial charge in [0.05, 0.1) is 16.2 Å². The van der Waals surface area contributed by atoms with Crippen molar-refractivity contribution >= 4 is 52.2 Å². The molecular weight excluding hydrogens is 509 g/mol. The molecule has 0 spiro atoms. The highest BCUT2D eigenvalue weighted by molar-refractivity contribution is 6.44. The average molecular weight is 533 g/mol. The summed E-state index contributed by atoms with van der Waals surface area (Å²) in [6.07, 6.45) is 3.92. The zero-order chi connectivity index (χ0) is 25.0. The molecule has 1 N–H and O–H groups in total. The molecule has 1 aliphatic heterocycles. The minimum atomic E-state index is -0.456. The second-order valence-electron chi connectivity index (χ2n) is 8.73. The van der Waals surface area contributed by atoms with Crippen LogP contribution in [0.3, 0.4) is 0 Å². The largest absolute Gasteiger partial charge is 0.396 e. The smallest absolute Gasteiger partial charge is 0.216 e. The minimum Gasteiger partial charge on any atom is -0.396 e. The van der Waals surface area contributed by atoms with E-state index in [4.69, 9.17) is 34.8 Å². The first-order valence-electron chi connectivity index (χ1n) is 11.3. The lowest BCUT2D eigenvalue weighted by atomic mass is 9.75. The van der Waals surface area contributed by atoms with Crippen molar-refractivity contribution < 1.29 is 14.7 Å². The summed E-state index contributed by atoms with van der Waals surface area (Å²) in [4.78, 5) is 36.1. The number of hydrogen-bond donors (Lipinski definition) is 1. The molecule has 9 heteroatoms. The van der Waals surface area contributed by atoms with Crippen molar-refractivity contribution in [2.24, 2.45) is 5.41 Å². The van der Waals surface area contributed by atoms with Crippen molar-refractivity contribution in [3.63, 3.8) is 0 Å². The van der Waals surface area contributed by atoms with Gasteiger partial charge in [-0.15, -0.1) is 0 Å². The molecule has 1 aromatic heterocycles. The summed E-state index contributed by atoms with van der Waals surface area (Å²) in [6.45, 7) is 1.26. The number of rotatable bonds is 8. The van der Waals surface area contributed by atoms with Gasteiger partial charge in [0.25, 0.3) is 0 Å². The van der Waals surface area contributed by atoms with E-state index in [0.29, 0.717) is 50.2 Å². The topological polar surface area (TPSA) is 83.4 Å². The van der Waals surface area contributed by atoms with Crippen LogP contribution in [0.2, 0.25) is 15.2 Å². The van der Waals surface area contributed by atoms with Crippen molar-refractivity contribution in [2.75, 3.05) is 24.6 Å². The molecule has 0 unspecified atom stereocenters. The lowest BCUT2D eigenvalue weighted by Crippen LogP contribution is -2.42. The summed E-state index contributed by atoms with van der Waals surface area (Å²) in [5.41, 5.74) is 0.577. The van der Waals surface area contributed by atoms with Crippen molar-refractivity contribution in [1.29, 1.82) is 0 Å². The molecule has 0 amide bonds. The van der Waals surface area contributed by atoms with E-state index < -0.39 is 5.78 Å². The number of ketones is 2. The van der Waals surface area contributed by atoms with Crippen LogP contribution in [0.1, 0.15) is 52.1 Å². The number of nitrogens with zero attached hydrogens (tertiary/aromatic N) is 3. The molecule has 35 heavy (non-hydrogen) atoms. The number of carbonyl (C=O) groups excluding carboxylic acids is 2. The predicted octanol–water partition coefficient (Wildman–Crippen LogP) is 5.91. The molecule has 0 aliphatic carbocycles. The van der Waals surface area contributed by atoms with Gasteiger partial charge in [-0.25, -0.2) is 9.97 Å². The number of aromatic nitrogens is 2. The number of piperidine rings is 1. The van der Waals surface area contributed by atoms with Crippen LogP contribution in [0, 0.1) is 5.41 Å². The highest BCUT2D eigenvalue weighted by Crippen LogP contribution is 2.37. The number of hydrogen-bond acceptors (Lipinski definition) is 6. The first-order chi connectivity index (χ1) is 16.8. The van der Waals surface area contributed by atoms with Gasteiger partial charge in [0.1, 0.15) is 11.5 Å². The fourth-order valence-electron chi connectivity index (χ4n) is 4.31. The summed E-state index contributed by atoms with van der Waals surface area (Å²) in [6, 6.07) is 14.0. The van der Waals surface area contributed by atoms with E-state index in [-0.39, 0.29) is 44.3 Å². The molecule has 0 saturated carbocycles. The van der Waals surface area contributed by atoms with E-state index >= 15 is 0 Å². The van der Waals surface area contributed by atoms with Crippen LogP contribution in [0.25, 0.3) is 0 Å². The first kappa shape index (κ1) is 25.6. The SMILES string of the molecule is O=C(CCC1(CO)CCN(c2cnc(C(=O)c3cccc(Cl)c3Cl)c(Cl)n2)CC1)c1ccccc1. The highest BCUT2D eigenvalue weighted by atomic mass is 35.5. The Morgan fingerprint density at radius 1 is 1.00 bits per heavy atom. The molecule has 1 aliphatic rings. The van der Waals surface area contributed by atoms with Gasteiger partial charge >= 0.3 is 0 Å². The molecule has 2 heterocycles. The molecular formula is C26H24Cl3N3O3. The zero-order valence-electron chi connectivity index (χ0n) is 18.9. The van der Waals surface area contributed by atoms with Gasteiger partial charge in [-0.1, -0.05) is 71.2 Å². The second-order valence-corrected chi connectivity index (χ2v) is 9.88. The van der Waals surface area contributed by atoms with E-state index in [2.05, 4.69) is 9.97 Å². The fourth-order valence-corrected chi connectivity index (χ4v) is 4.92. The number of Topliss-reactive ketones (excluding diaryl/α,β-unsaturated/α-hetero) is 1. The molecule has 4 rings (SSSR count). The fraction of sp³-hybridized carbons (Fsp3) is 0.308. The molecule has 1 fully saturated rings. The van der Waals surface area contributed by atoms with Crippen LogP contribution in [0.15, 0.2) is 54.7 Å². The van der Waals surface area contributed by atoms with Crippen molar-refractivity contribution in [1.82, 2.24) is 9.97 Å². The van der Waals surface area contributed by atoms with Crippen LogP contribution in [0.5, 0.6) is 0 Å². The Labute approximate surface area is 218 Å². The van der Waals surface area contributed by atoms with E-state index in [1.807, 2.05) is 35.2 Å². The summed E-state index contributed by atoms with van der Waals surface area (Å²) in [5, 5.41) is 10.5. The van der Waals surface area contributed by atoms with Crippen molar-refractivity contribution in [3.05, 3.63) is 86.7 Å². The van der Waals surface area contributed by atoms with E-state index in [9.17, 15) is 14.7 Å².